The van der Waals surface area contributed by atoms with Crippen LogP contribution in [0.5, 0.6) is 0 Å². The maximum atomic E-state index is 11.6. The third-order valence-electron chi connectivity index (χ3n) is 3.23. The minimum absolute atomic E-state index is 0.0715. The van der Waals surface area contributed by atoms with Crippen molar-refractivity contribution in [2.24, 2.45) is 11.7 Å². The van der Waals surface area contributed by atoms with Gasteiger partial charge in [-0.2, -0.15) is 0 Å². The highest BCUT2D eigenvalue weighted by Gasteiger charge is 2.29. The molecule has 0 aromatic heterocycles. The highest BCUT2D eigenvalue weighted by molar-refractivity contribution is 5.69. The van der Waals surface area contributed by atoms with Crippen LogP contribution in [0.2, 0.25) is 0 Å². The van der Waals surface area contributed by atoms with Gasteiger partial charge in [0.25, 0.3) is 0 Å². The molecule has 0 unspecified atom stereocenters. The largest absolute Gasteiger partial charge is 0.460 e. The number of esters is 1. The summed E-state index contributed by atoms with van der Waals surface area (Å²) >= 11 is 0. The van der Waals surface area contributed by atoms with Crippen molar-refractivity contribution in [3.63, 3.8) is 0 Å². The molecule has 94 valence electrons. The van der Waals surface area contributed by atoms with Gasteiger partial charge in [-0.25, -0.2) is 0 Å². The lowest BCUT2D eigenvalue weighted by Gasteiger charge is -2.34. The molecule has 0 aromatic rings. The van der Waals surface area contributed by atoms with E-state index < -0.39 is 0 Å². The Hall–Kier alpha value is -0.570. The molecule has 16 heavy (non-hydrogen) atoms. The zero-order valence-corrected chi connectivity index (χ0v) is 10.6. The molecule has 0 aromatic carbocycles. The topological polar surface area (TPSA) is 52.3 Å². The lowest BCUT2D eigenvalue weighted by atomic mass is 9.78. The van der Waals surface area contributed by atoms with E-state index in [1.54, 1.807) is 0 Å². The molecule has 0 aliphatic heterocycles. The Morgan fingerprint density at radius 3 is 2.56 bits per heavy atom. The summed E-state index contributed by atoms with van der Waals surface area (Å²) in [5.74, 6) is 0.699. The fourth-order valence-corrected chi connectivity index (χ4v) is 2.21. The standard InChI is InChI=1S/C13H25NO2/c1-13(2,10-11-6-5-7-11)16-12(15)8-3-4-9-14/h11H,3-10,14H2,1-2H3. The summed E-state index contributed by atoms with van der Waals surface area (Å²) in [6, 6.07) is 0. The van der Waals surface area contributed by atoms with Gasteiger partial charge in [-0.3, -0.25) is 4.79 Å². The van der Waals surface area contributed by atoms with E-state index in [1.165, 1.54) is 19.3 Å². The van der Waals surface area contributed by atoms with Gasteiger partial charge in [-0.1, -0.05) is 19.3 Å². The number of carbonyl (C=O) groups excluding carboxylic acids is 1. The number of hydrogen-bond acceptors (Lipinski definition) is 3. The predicted molar refractivity (Wildman–Crippen MR) is 65.0 cm³/mol. The molecule has 0 radical (unpaired) electrons. The maximum Gasteiger partial charge on any atom is 0.306 e. The lowest BCUT2D eigenvalue weighted by Crippen LogP contribution is -2.32. The highest BCUT2D eigenvalue weighted by Crippen LogP contribution is 2.35. The molecule has 0 heterocycles. The highest BCUT2D eigenvalue weighted by atomic mass is 16.6. The van der Waals surface area contributed by atoms with Gasteiger partial charge in [0.2, 0.25) is 0 Å². The summed E-state index contributed by atoms with van der Waals surface area (Å²) in [5.41, 5.74) is 5.09. The van der Waals surface area contributed by atoms with Crippen molar-refractivity contribution >= 4 is 5.97 Å². The Kier molecular flexibility index (Phi) is 5.26. The summed E-state index contributed by atoms with van der Waals surface area (Å²) in [6.07, 6.45) is 7.20. The second-order valence-corrected chi connectivity index (χ2v) is 5.48. The normalized spacial score (nSPS) is 16.9. The molecule has 2 N–H and O–H groups in total. The van der Waals surface area contributed by atoms with Crippen molar-refractivity contribution in [1.29, 1.82) is 0 Å². The summed E-state index contributed by atoms with van der Waals surface area (Å²) in [4.78, 5) is 11.6. The van der Waals surface area contributed by atoms with E-state index in [1.807, 2.05) is 13.8 Å². The van der Waals surface area contributed by atoms with Gasteiger partial charge < -0.3 is 10.5 Å². The van der Waals surface area contributed by atoms with E-state index in [4.69, 9.17) is 10.5 Å². The number of rotatable bonds is 7. The Labute approximate surface area is 98.7 Å². The molecule has 1 saturated carbocycles. The van der Waals surface area contributed by atoms with Crippen LogP contribution in [0.15, 0.2) is 0 Å². The van der Waals surface area contributed by atoms with Crippen molar-refractivity contribution in [2.75, 3.05) is 6.54 Å². The molecular formula is C13H25NO2. The average molecular weight is 227 g/mol. The van der Waals surface area contributed by atoms with Crippen LogP contribution in [0.25, 0.3) is 0 Å². The number of hydrogen-bond donors (Lipinski definition) is 1. The third-order valence-corrected chi connectivity index (χ3v) is 3.23. The van der Waals surface area contributed by atoms with Gasteiger partial charge in [0, 0.05) is 6.42 Å². The SMILES string of the molecule is CC(C)(CC1CCC1)OC(=O)CCCCN. The van der Waals surface area contributed by atoms with Crippen LogP contribution < -0.4 is 5.73 Å². The van der Waals surface area contributed by atoms with Crippen LogP contribution in [-0.4, -0.2) is 18.1 Å². The van der Waals surface area contributed by atoms with Gasteiger partial charge in [0.05, 0.1) is 0 Å². The summed E-state index contributed by atoms with van der Waals surface area (Å²) in [5, 5.41) is 0. The molecule has 3 heteroatoms. The van der Waals surface area contributed by atoms with E-state index in [0.717, 1.165) is 25.2 Å². The Balaban J connectivity index is 2.19. The fraction of sp³-hybridized carbons (Fsp3) is 0.923. The van der Waals surface area contributed by atoms with Crippen LogP contribution in [0.4, 0.5) is 0 Å². The van der Waals surface area contributed by atoms with Crippen LogP contribution >= 0.6 is 0 Å². The van der Waals surface area contributed by atoms with Crippen molar-refractivity contribution in [3.05, 3.63) is 0 Å². The molecule has 0 spiro atoms. The minimum atomic E-state index is -0.287. The molecule has 1 aliphatic rings. The van der Waals surface area contributed by atoms with Crippen LogP contribution in [0, 0.1) is 5.92 Å². The second kappa shape index (κ2) is 6.24. The van der Waals surface area contributed by atoms with Gasteiger partial charge in [0.15, 0.2) is 0 Å². The van der Waals surface area contributed by atoms with Gasteiger partial charge >= 0.3 is 5.97 Å². The molecule has 0 atom stereocenters. The average Bonchev–Trinajstić information content (AvgIpc) is 2.11. The first kappa shape index (κ1) is 13.5. The number of carbonyl (C=O) groups is 1. The van der Waals surface area contributed by atoms with Crippen molar-refractivity contribution in [3.8, 4) is 0 Å². The number of ether oxygens (including phenoxy) is 1. The van der Waals surface area contributed by atoms with Gasteiger partial charge in [-0.05, 0) is 45.6 Å². The molecule has 1 rings (SSSR count). The molecule has 1 fully saturated rings. The smallest absolute Gasteiger partial charge is 0.306 e. The molecular weight excluding hydrogens is 202 g/mol. The third kappa shape index (κ3) is 4.97. The van der Waals surface area contributed by atoms with E-state index in [9.17, 15) is 4.79 Å². The first-order valence-electron chi connectivity index (χ1n) is 6.45. The first-order chi connectivity index (χ1) is 7.53. The molecule has 0 saturated heterocycles. The van der Waals surface area contributed by atoms with E-state index in [-0.39, 0.29) is 11.6 Å². The summed E-state index contributed by atoms with van der Waals surface area (Å²) < 4.78 is 5.51. The second-order valence-electron chi connectivity index (χ2n) is 5.48. The minimum Gasteiger partial charge on any atom is -0.460 e. The first-order valence-corrected chi connectivity index (χ1v) is 6.45. The van der Waals surface area contributed by atoms with E-state index in [0.29, 0.717) is 13.0 Å². The molecule has 1 aliphatic carbocycles. The van der Waals surface area contributed by atoms with Gasteiger partial charge in [-0.15, -0.1) is 0 Å². The zero-order chi connectivity index (χ0) is 12.0. The lowest BCUT2D eigenvalue weighted by molar-refractivity contribution is -0.158. The summed E-state index contributed by atoms with van der Waals surface area (Å²) in [7, 11) is 0. The van der Waals surface area contributed by atoms with Crippen molar-refractivity contribution in [2.45, 2.75) is 64.4 Å². The van der Waals surface area contributed by atoms with E-state index >= 15 is 0 Å². The maximum absolute atomic E-state index is 11.6. The van der Waals surface area contributed by atoms with Crippen molar-refractivity contribution < 1.29 is 9.53 Å². The van der Waals surface area contributed by atoms with Gasteiger partial charge in [0.1, 0.15) is 5.60 Å². The fourth-order valence-electron chi connectivity index (χ4n) is 2.21. The number of nitrogens with two attached hydrogens (primary N) is 1. The Morgan fingerprint density at radius 1 is 1.38 bits per heavy atom. The van der Waals surface area contributed by atoms with Crippen LogP contribution in [0.1, 0.15) is 58.8 Å². The molecule has 3 nitrogen and oxygen atoms in total. The quantitative estimate of drug-likeness (QED) is 0.537. The van der Waals surface area contributed by atoms with E-state index in [2.05, 4.69) is 0 Å². The monoisotopic (exact) mass is 227 g/mol. The summed E-state index contributed by atoms with van der Waals surface area (Å²) in [6.45, 7) is 4.69. The molecule has 0 amide bonds. The van der Waals surface area contributed by atoms with Crippen LogP contribution in [0.3, 0.4) is 0 Å². The number of unbranched alkanes of at least 4 members (excludes halogenated alkanes) is 1. The Morgan fingerprint density at radius 2 is 2.06 bits per heavy atom. The van der Waals surface area contributed by atoms with Crippen LogP contribution in [-0.2, 0) is 9.53 Å². The zero-order valence-electron chi connectivity index (χ0n) is 10.6. The predicted octanol–water partition coefficient (Wildman–Crippen LogP) is 2.63. The van der Waals surface area contributed by atoms with Crippen molar-refractivity contribution in [1.82, 2.24) is 0 Å². The Bertz CT molecular complexity index is 222. The molecule has 0 bridgehead atoms.